The molecule has 0 amide bonds. The summed E-state index contributed by atoms with van der Waals surface area (Å²) in [5, 5.41) is 0. The topological polar surface area (TPSA) is 49.4 Å². The molecule has 0 aromatic heterocycles. The van der Waals surface area contributed by atoms with E-state index in [0.29, 0.717) is 11.4 Å². The van der Waals surface area contributed by atoms with Crippen molar-refractivity contribution in [2.24, 2.45) is 0 Å². The molecule has 1 heterocycles. The van der Waals surface area contributed by atoms with Gasteiger partial charge in [0, 0.05) is 12.6 Å². The van der Waals surface area contributed by atoms with E-state index in [1.165, 1.54) is 19.3 Å². The first kappa shape index (κ1) is 16.5. The molecule has 0 bridgehead atoms. The number of nitrogens with one attached hydrogen (secondary N) is 1. The first-order valence-electron chi connectivity index (χ1n) is 7.71. The summed E-state index contributed by atoms with van der Waals surface area (Å²) >= 11 is 0. The van der Waals surface area contributed by atoms with Crippen molar-refractivity contribution in [3.63, 3.8) is 0 Å². The monoisotopic (exact) mass is 310 g/mol. The average Bonchev–Trinajstić information content (AvgIpc) is 2.45. The molecule has 1 N–H and O–H groups in total. The Kier molecular flexibility index (Phi) is 5.41. The van der Waals surface area contributed by atoms with Crippen LogP contribution in [0.15, 0.2) is 23.1 Å². The minimum atomic E-state index is -3.42. The van der Waals surface area contributed by atoms with Gasteiger partial charge in [0.15, 0.2) is 0 Å². The number of nitrogens with zero attached hydrogens (tertiary/aromatic N) is 1. The van der Waals surface area contributed by atoms with Gasteiger partial charge in [0.2, 0.25) is 10.0 Å². The molecule has 5 heteroatoms. The first-order valence-corrected chi connectivity index (χ1v) is 9.19. The maximum atomic E-state index is 12.4. The Labute approximate surface area is 128 Å². The quantitative estimate of drug-likeness (QED) is 0.909. The summed E-state index contributed by atoms with van der Waals surface area (Å²) < 4.78 is 27.6. The van der Waals surface area contributed by atoms with E-state index in [1.54, 1.807) is 6.07 Å². The molecule has 2 rings (SSSR count). The van der Waals surface area contributed by atoms with Crippen molar-refractivity contribution in [3.05, 3.63) is 29.3 Å². The van der Waals surface area contributed by atoms with E-state index in [2.05, 4.69) is 16.5 Å². The van der Waals surface area contributed by atoms with E-state index in [-0.39, 0.29) is 6.04 Å². The van der Waals surface area contributed by atoms with Crippen molar-refractivity contribution in [3.8, 4) is 0 Å². The van der Waals surface area contributed by atoms with E-state index in [9.17, 15) is 8.42 Å². The van der Waals surface area contributed by atoms with Crippen molar-refractivity contribution >= 4 is 10.0 Å². The van der Waals surface area contributed by atoms with Gasteiger partial charge in [-0.05, 0) is 58.3 Å². The number of sulfonamides is 1. The maximum absolute atomic E-state index is 12.4. The van der Waals surface area contributed by atoms with Crippen LogP contribution in [0.2, 0.25) is 0 Å². The summed E-state index contributed by atoms with van der Waals surface area (Å²) in [4.78, 5) is 2.76. The summed E-state index contributed by atoms with van der Waals surface area (Å²) in [7, 11) is -3.42. The molecule has 0 aliphatic carbocycles. The summed E-state index contributed by atoms with van der Waals surface area (Å²) in [6, 6.07) is 5.68. The molecule has 1 saturated heterocycles. The van der Waals surface area contributed by atoms with Gasteiger partial charge in [-0.15, -0.1) is 0 Å². The van der Waals surface area contributed by atoms with Crippen molar-refractivity contribution in [2.45, 2.75) is 51.0 Å². The molecule has 1 aliphatic heterocycles. The van der Waals surface area contributed by atoms with Crippen molar-refractivity contribution < 1.29 is 8.42 Å². The van der Waals surface area contributed by atoms with E-state index < -0.39 is 10.0 Å². The molecule has 1 aromatic carbocycles. The van der Waals surface area contributed by atoms with Gasteiger partial charge in [-0.1, -0.05) is 24.1 Å². The molecule has 0 radical (unpaired) electrons. The summed E-state index contributed by atoms with van der Waals surface area (Å²) in [6.45, 7) is 8.52. The minimum absolute atomic E-state index is 0.242. The fraction of sp³-hybridized carbons (Fsp3) is 0.625. The Morgan fingerprint density at radius 3 is 2.48 bits per heavy atom. The lowest BCUT2D eigenvalue weighted by molar-refractivity contribution is 0.175. The molecule has 1 atom stereocenters. The van der Waals surface area contributed by atoms with Gasteiger partial charge in [-0.2, -0.15) is 0 Å². The molecule has 0 spiro atoms. The Bertz CT molecular complexity index is 578. The standard InChI is InChI=1S/C16H26N2O2S/c1-13-7-8-16(14(2)11-13)21(19,20)17-12-15(3)18-9-5-4-6-10-18/h7-8,11,15,17H,4-6,9-10,12H2,1-3H3. The lowest BCUT2D eigenvalue weighted by atomic mass is 10.1. The van der Waals surface area contributed by atoms with Crippen molar-refractivity contribution in [1.82, 2.24) is 9.62 Å². The zero-order valence-electron chi connectivity index (χ0n) is 13.2. The van der Waals surface area contributed by atoms with Crippen molar-refractivity contribution in [2.75, 3.05) is 19.6 Å². The van der Waals surface area contributed by atoms with Gasteiger partial charge in [-0.25, -0.2) is 13.1 Å². The Morgan fingerprint density at radius 2 is 1.86 bits per heavy atom. The van der Waals surface area contributed by atoms with Gasteiger partial charge in [0.1, 0.15) is 0 Å². The average molecular weight is 310 g/mol. The second kappa shape index (κ2) is 6.90. The van der Waals surface area contributed by atoms with Crippen LogP contribution < -0.4 is 4.72 Å². The molecule has 1 unspecified atom stereocenters. The van der Waals surface area contributed by atoms with Gasteiger partial charge >= 0.3 is 0 Å². The van der Waals surface area contributed by atoms with E-state index in [0.717, 1.165) is 24.2 Å². The highest BCUT2D eigenvalue weighted by Crippen LogP contribution is 2.17. The molecule has 1 aliphatic rings. The van der Waals surface area contributed by atoms with Crippen LogP contribution in [-0.4, -0.2) is 39.0 Å². The van der Waals surface area contributed by atoms with Crippen LogP contribution in [0, 0.1) is 13.8 Å². The third kappa shape index (κ3) is 4.28. The number of aryl methyl sites for hydroxylation is 2. The number of likely N-dealkylation sites (tertiary alicyclic amines) is 1. The lowest BCUT2D eigenvalue weighted by Gasteiger charge is -2.32. The van der Waals surface area contributed by atoms with Gasteiger partial charge in [0.25, 0.3) is 0 Å². The Balaban J connectivity index is 2.00. The maximum Gasteiger partial charge on any atom is 0.240 e. The molecule has 0 saturated carbocycles. The van der Waals surface area contributed by atoms with Crippen LogP contribution in [0.5, 0.6) is 0 Å². The smallest absolute Gasteiger partial charge is 0.240 e. The van der Waals surface area contributed by atoms with Crippen LogP contribution >= 0.6 is 0 Å². The van der Waals surface area contributed by atoms with Gasteiger partial charge in [-0.3, -0.25) is 4.90 Å². The fourth-order valence-corrected chi connectivity index (χ4v) is 4.24. The van der Waals surface area contributed by atoms with E-state index in [1.807, 2.05) is 26.0 Å². The third-order valence-corrected chi connectivity index (χ3v) is 5.79. The van der Waals surface area contributed by atoms with E-state index >= 15 is 0 Å². The molecule has 1 fully saturated rings. The molecule has 1 aromatic rings. The summed E-state index contributed by atoms with van der Waals surface area (Å²) in [6.07, 6.45) is 3.72. The predicted octanol–water partition coefficient (Wildman–Crippen LogP) is 2.46. The van der Waals surface area contributed by atoms with E-state index in [4.69, 9.17) is 0 Å². The minimum Gasteiger partial charge on any atom is -0.299 e. The molecular weight excluding hydrogens is 284 g/mol. The normalized spacial score (nSPS) is 18.6. The third-order valence-electron chi connectivity index (χ3n) is 4.20. The van der Waals surface area contributed by atoms with Crippen LogP contribution in [0.3, 0.4) is 0 Å². The van der Waals surface area contributed by atoms with Crippen molar-refractivity contribution in [1.29, 1.82) is 0 Å². The lowest BCUT2D eigenvalue weighted by Crippen LogP contribution is -2.44. The highest BCUT2D eigenvalue weighted by atomic mass is 32.2. The highest BCUT2D eigenvalue weighted by Gasteiger charge is 2.21. The second-order valence-corrected chi connectivity index (χ2v) is 7.80. The highest BCUT2D eigenvalue weighted by molar-refractivity contribution is 7.89. The molecule has 118 valence electrons. The number of benzene rings is 1. The zero-order valence-corrected chi connectivity index (χ0v) is 14.0. The molecular formula is C16H26N2O2S. The number of hydrogen-bond donors (Lipinski definition) is 1. The largest absolute Gasteiger partial charge is 0.299 e. The summed E-state index contributed by atoms with van der Waals surface area (Å²) in [5.41, 5.74) is 1.88. The zero-order chi connectivity index (χ0) is 15.5. The Hall–Kier alpha value is -0.910. The van der Waals surface area contributed by atoms with Crippen LogP contribution in [0.25, 0.3) is 0 Å². The van der Waals surface area contributed by atoms with Crippen LogP contribution in [0.4, 0.5) is 0 Å². The molecule has 4 nitrogen and oxygen atoms in total. The summed E-state index contributed by atoms with van der Waals surface area (Å²) in [5.74, 6) is 0. The number of hydrogen-bond acceptors (Lipinski definition) is 3. The Morgan fingerprint density at radius 1 is 1.19 bits per heavy atom. The van der Waals surface area contributed by atoms with Crippen LogP contribution in [0.1, 0.15) is 37.3 Å². The van der Waals surface area contributed by atoms with Crippen LogP contribution in [-0.2, 0) is 10.0 Å². The second-order valence-electron chi connectivity index (χ2n) is 6.07. The van der Waals surface area contributed by atoms with Gasteiger partial charge < -0.3 is 0 Å². The fourth-order valence-electron chi connectivity index (χ4n) is 2.90. The predicted molar refractivity (Wildman–Crippen MR) is 86.0 cm³/mol. The first-order chi connectivity index (χ1) is 9.90. The number of piperidine rings is 1. The SMILES string of the molecule is Cc1ccc(S(=O)(=O)NCC(C)N2CCCCC2)c(C)c1. The number of rotatable bonds is 5. The molecule has 21 heavy (non-hydrogen) atoms. The van der Waals surface area contributed by atoms with Gasteiger partial charge in [0.05, 0.1) is 4.90 Å².